The molecule has 206 valence electrons. The van der Waals surface area contributed by atoms with Gasteiger partial charge in [0.15, 0.2) is 10.9 Å². The van der Waals surface area contributed by atoms with Crippen molar-refractivity contribution in [3.8, 4) is 5.75 Å². The van der Waals surface area contributed by atoms with Crippen LogP contribution in [0.5, 0.6) is 5.75 Å². The second-order valence-electron chi connectivity index (χ2n) is 9.32. The summed E-state index contributed by atoms with van der Waals surface area (Å²) in [6.07, 6.45) is 1.73. The van der Waals surface area contributed by atoms with Crippen LogP contribution in [0.3, 0.4) is 0 Å². The molecule has 1 amide bonds. The van der Waals surface area contributed by atoms with Crippen molar-refractivity contribution in [2.75, 3.05) is 18.6 Å². The predicted octanol–water partition coefficient (Wildman–Crippen LogP) is 5.06. The number of aryl methyl sites for hydroxylation is 1. The fourth-order valence-corrected chi connectivity index (χ4v) is 6.06. The third-order valence-corrected chi connectivity index (χ3v) is 7.90. The van der Waals surface area contributed by atoms with Crippen LogP contribution in [0.15, 0.2) is 72.4 Å². The van der Waals surface area contributed by atoms with E-state index >= 15 is 0 Å². The maximum absolute atomic E-state index is 13.7. The molecule has 11 heteroatoms. The number of nitrogens with zero attached hydrogens (tertiary/aromatic N) is 4. The number of carbonyl (C=O) groups is 3. The second-order valence-corrected chi connectivity index (χ2v) is 10.3. The number of amides is 1. The molecule has 0 radical (unpaired) electrons. The first-order chi connectivity index (χ1) is 19.8. The Morgan fingerprint density at radius 2 is 1.85 bits per heavy atom. The van der Waals surface area contributed by atoms with E-state index in [2.05, 4.69) is 9.97 Å². The molecule has 1 unspecified atom stereocenters. The number of benzene rings is 2. The van der Waals surface area contributed by atoms with Gasteiger partial charge < -0.3 is 14.6 Å². The lowest BCUT2D eigenvalue weighted by atomic mass is 9.95. The maximum Gasteiger partial charge on any atom is 0.337 e. The lowest BCUT2D eigenvalue weighted by molar-refractivity contribution is -0.132. The number of Topliss-reactive ketones (excluding diaryl/α,β-unsaturated/α-hetero) is 1. The molecule has 1 atom stereocenters. The minimum absolute atomic E-state index is 0.108. The lowest BCUT2D eigenvalue weighted by Gasteiger charge is -2.23. The number of imidazole rings is 1. The number of esters is 1. The number of ketones is 1. The first-order valence-electron chi connectivity index (χ1n) is 12.8. The van der Waals surface area contributed by atoms with Crippen LogP contribution in [0, 0.1) is 6.92 Å². The van der Waals surface area contributed by atoms with Crippen molar-refractivity contribution in [3.05, 3.63) is 94.9 Å². The van der Waals surface area contributed by atoms with Crippen LogP contribution in [-0.4, -0.2) is 50.9 Å². The molecule has 6 rings (SSSR count). The summed E-state index contributed by atoms with van der Waals surface area (Å²) in [5, 5.41) is 12.0. The summed E-state index contributed by atoms with van der Waals surface area (Å²) >= 11 is 1.23. The van der Waals surface area contributed by atoms with Gasteiger partial charge in [0.2, 0.25) is 0 Å². The van der Waals surface area contributed by atoms with Crippen molar-refractivity contribution < 1.29 is 29.0 Å². The Morgan fingerprint density at radius 3 is 2.59 bits per heavy atom. The predicted molar refractivity (Wildman–Crippen MR) is 153 cm³/mol. The van der Waals surface area contributed by atoms with Crippen molar-refractivity contribution in [3.63, 3.8) is 0 Å². The van der Waals surface area contributed by atoms with E-state index in [1.54, 1.807) is 66.1 Å². The van der Waals surface area contributed by atoms with Crippen LogP contribution in [0.1, 0.15) is 40.3 Å². The smallest absolute Gasteiger partial charge is 0.337 e. The Kier molecular flexibility index (Phi) is 6.50. The fourth-order valence-electron chi connectivity index (χ4n) is 5.04. The largest absolute Gasteiger partial charge is 0.505 e. The summed E-state index contributed by atoms with van der Waals surface area (Å²) in [7, 11) is 1.29. The molecule has 5 aromatic rings. The fraction of sp³-hybridized carbons (Fsp3) is 0.167. The van der Waals surface area contributed by atoms with Gasteiger partial charge in [-0.2, -0.15) is 0 Å². The zero-order valence-corrected chi connectivity index (χ0v) is 23.1. The molecule has 1 aliphatic rings. The van der Waals surface area contributed by atoms with Crippen molar-refractivity contribution in [2.45, 2.75) is 19.9 Å². The quantitative estimate of drug-likeness (QED) is 0.130. The summed E-state index contributed by atoms with van der Waals surface area (Å²) in [5.74, 6) is -1.91. The van der Waals surface area contributed by atoms with Crippen LogP contribution >= 0.6 is 11.3 Å². The maximum atomic E-state index is 13.7. The highest BCUT2D eigenvalue weighted by Crippen LogP contribution is 2.45. The van der Waals surface area contributed by atoms with Gasteiger partial charge in [0.1, 0.15) is 17.1 Å². The highest BCUT2D eigenvalue weighted by atomic mass is 32.1. The summed E-state index contributed by atoms with van der Waals surface area (Å²) in [6, 6.07) is 16.1. The van der Waals surface area contributed by atoms with Crippen LogP contribution in [0.2, 0.25) is 0 Å². The van der Waals surface area contributed by atoms with Gasteiger partial charge in [-0.15, -0.1) is 0 Å². The van der Waals surface area contributed by atoms with E-state index in [9.17, 15) is 19.5 Å². The number of fused-ring (bicyclic) bond motifs is 2. The average molecular weight is 569 g/mol. The van der Waals surface area contributed by atoms with Gasteiger partial charge in [0.25, 0.3) is 5.78 Å². The number of pyridine rings is 1. The normalized spacial score (nSPS) is 16.6. The molecule has 1 N–H and O–H groups in total. The number of aliphatic hydroxyl groups is 1. The first kappa shape index (κ1) is 26.2. The minimum atomic E-state index is -1.03. The number of rotatable bonds is 6. The standard InChI is InChI=1S/C30H24N4O6S/c1-4-40-19-12-13-20-21(15-19)41-30(32-20)34-25(17-8-10-18(11-9-17)29(38)39-3)23(27(36)28(34)37)26(35)24-16(2)31-22-7-5-6-14-33(22)24/h5-15,25,35H,4H2,1-3H3. The molecular formula is C30H24N4O6S. The van der Waals surface area contributed by atoms with E-state index in [1.807, 2.05) is 19.1 Å². The number of ether oxygens (including phenoxy) is 2. The molecule has 0 bridgehead atoms. The van der Waals surface area contributed by atoms with Gasteiger partial charge in [-0.1, -0.05) is 29.5 Å². The van der Waals surface area contributed by atoms with Gasteiger partial charge in [-0.3, -0.25) is 18.9 Å². The molecular weight excluding hydrogens is 544 g/mol. The third kappa shape index (κ3) is 4.30. The lowest BCUT2D eigenvalue weighted by Crippen LogP contribution is -2.29. The van der Waals surface area contributed by atoms with E-state index in [-0.39, 0.29) is 16.5 Å². The summed E-state index contributed by atoms with van der Waals surface area (Å²) in [5.41, 5.74) is 2.70. The van der Waals surface area contributed by atoms with E-state index in [1.165, 1.54) is 23.3 Å². The van der Waals surface area contributed by atoms with Gasteiger partial charge in [-0.05, 0) is 61.9 Å². The van der Waals surface area contributed by atoms with Crippen LogP contribution in [-0.2, 0) is 14.3 Å². The van der Waals surface area contributed by atoms with Gasteiger partial charge >= 0.3 is 11.9 Å². The van der Waals surface area contributed by atoms with Gasteiger partial charge in [-0.25, -0.2) is 14.8 Å². The Morgan fingerprint density at radius 1 is 1.07 bits per heavy atom. The average Bonchev–Trinajstić information content (AvgIpc) is 3.63. The number of thiazole rings is 1. The van der Waals surface area contributed by atoms with E-state index in [4.69, 9.17) is 9.47 Å². The molecule has 0 aliphatic carbocycles. The molecule has 0 saturated carbocycles. The van der Waals surface area contributed by atoms with Crippen molar-refractivity contribution >= 4 is 55.8 Å². The van der Waals surface area contributed by atoms with Crippen LogP contribution in [0.25, 0.3) is 21.6 Å². The van der Waals surface area contributed by atoms with Crippen molar-refractivity contribution in [2.24, 2.45) is 0 Å². The monoisotopic (exact) mass is 568 g/mol. The first-order valence-corrected chi connectivity index (χ1v) is 13.6. The minimum Gasteiger partial charge on any atom is -0.505 e. The number of methoxy groups -OCH3 is 1. The summed E-state index contributed by atoms with van der Waals surface area (Å²) < 4.78 is 12.9. The number of carbonyl (C=O) groups excluding carboxylic acids is 3. The van der Waals surface area contributed by atoms with Crippen molar-refractivity contribution in [1.82, 2.24) is 14.4 Å². The Hall–Kier alpha value is -5.03. The number of aromatic nitrogens is 3. The highest BCUT2D eigenvalue weighted by Gasteiger charge is 2.48. The third-order valence-electron chi connectivity index (χ3n) is 6.89. The Bertz CT molecular complexity index is 1890. The zero-order chi connectivity index (χ0) is 28.8. The molecule has 4 heterocycles. The molecule has 3 aromatic heterocycles. The Balaban J connectivity index is 1.56. The number of aliphatic hydroxyl groups excluding tert-OH is 1. The summed E-state index contributed by atoms with van der Waals surface area (Å²) in [6.45, 7) is 4.11. The van der Waals surface area contributed by atoms with E-state index in [0.29, 0.717) is 46.0 Å². The molecule has 41 heavy (non-hydrogen) atoms. The van der Waals surface area contributed by atoms with Gasteiger partial charge in [0, 0.05) is 6.20 Å². The highest BCUT2D eigenvalue weighted by molar-refractivity contribution is 7.22. The Labute approximate surface area is 238 Å². The van der Waals surface area contributed by atoms with E-state index in [0.717, 1.165) is 4.70 Å². The molecule has 1 fully saturated rings. The molecule has 1 saturated heterocycles. The molecule has 10 nitrogen and oxygen atoms in total. The molecule has 1 aliphatic heterocycles. The number of hydrogen-bond acceptors (Lipinski definition) is 9. The summed E-state index contributed by atoms with van der Waals surface area (Å²) in [4.78, 5) is 49.9. The number of anilines is 1. The van der Waals surface area contributed by atoms with Crippen LogP contribution in [0.4, 0.5) is 5.13 Å². The zero-order valence-electron chi connectivity index (χ0n) is 22.3. The SMILES string of the molecule is CCOc1ccc2nc(N3C(=O)C(=O)C(=C(O)c4c(C)nc5ccccn45)C3c3ccc(C(=O)OC)cc3)sc2c1. The number of hydrogen-bond donors (Lipinski definition) is 1. The molecule has 0 spiro atoms. The molecule has 2 aromatic carbocycles. The topological polar surface area (TPSA) is 123 Å². The van der Waals surface area contributed by atoms with Gasteiger partial charge in [0.05, 0.1) is 46.8 Å². The van der Waals surface area contributed by atoms with E-state index < -0.39 is 23.7 Å². The van der Waals surface area contributed by atoms with Crippen molar-refractivity contribution in [1.29, 1.82) is 0 Å². The van der Waals surface area contributed by atoms with Crippen LogP contribution < -0.4 is 9.64 Å². The second kappa shape index (κ2) is 10.2.